The maximum atomic E-state index is 12.9. The number of rotatable bonds is 4. The van der Waals surface area contributed by atoms with E-state index in [4.69, 9.17) is 5.11 Å². The van der Waals surface area contributed by atoms with Gasteiger partial charge in [-0.05, 0) is 6.07 Å². The van der Waals surface area contributed by atoms with Gasteiger partial charge < -0.3 is 5.11 Å². The molecule has 0 unspecified atom stereocenters. The Morgan fingerprint density at radius 2 is 2.05 bits per heavy atom. The number of hydroxylamine groups is 1. The monoisotopic (exact) mass is 277 g/mol. The molecule has 8 heteroatoms. The van der Waals surface area contributed by atoms with Gasteiger partial charge in [0.15, 0.2) is 6.79 Å². The van der Waals surface area contributed by atoms with Crippen molar-refractivity contribution in [3.63, 3.8) is 0 Å². The van der Waals surface area contributed by atoms with Crippen LogP contribution in [0.2, 0.25) is 0 Å². The topological polar surface area (TPSA) is 57.1 Å². The molecule has 0 spiro atoms. The molecule has 0 atom stereocenters. The lowest BCUT2D eigenvalue weighted by Crippen LogP contribution is -2.40. The van der Waals surface area contributed by atoms with E-state index in [1.54, 1.807) is 0 Å². The Bertz CT molecular complexity index is 449. The van der Waals surface area contributed by atoms with E-state index in [-0.39, 0.29) is 11.4 Å². The normalized spacial score (nSPS) is 12.9. The molecule has 0 saturated heterocycles. The van der Waals surface area contributed by atoms with Crippen molar-refractivity contribution in [3.05, 3.63) is 35.4 Å². The number of hydrogen-bond acceptors (Lipinski definition) is 4. The molecule has 0 aliphatic rings. The fourth-order valence-corrected chi connectivity index (χ4v) is 1.44. The van der Waals surface area contributed by atoms with E-state index in [1.807, 2.05) is 0 Å². The Morgan fingerprint density at radius 1 is 1.42 bits per heavy atom. The maximum absolute atomic E-state index is 12.9. The minimum absolute atomic E-state index is 0.0242. The molecular formula is C11H14F3N3O2. The Labute approximate surface area is 108 Å². The molecule has 0 bridgehead atoms. The summed E-state index contributed by atoms with van der Waals surface area (Å²) >= 11 is 0. The highest BCUT2D eigenvalue weighted by molar-refractivity contribution is 5.99. The van der Waals surface area contributed by atoms with Crippen LogP contribution in [0.3, 0.4) is 0 Å². The molecule has 0 aromatic heterocycles. The molecule has 0 aliphatic carbocycles. The number of aliphatic hydroxyl groups excluding tert-OH is 1. The maximum Gasteiger partial charge on any atom is 0.417 e. The summed E-state index contributed by atoms with van der Waals surface area (Å²) in [5, 5.41) is 9.52. The summed E-state index contributed by atoms with van der Waals surface area (Å²) in [5.41, 5.74) is 1.59. The summed E-state index contributed by atoms with van der Waals surface area (Å²) < 4.78 is 38.6. The highest BCUT2D eigenvalue weighted by atomic mass is 19.4. The van der Waals surface area contributed by atoms with Gasteiger partial charge in [-0.3, -0.25) is 15.3 Å². The summed E-state index contributed by atoms with van der Waals surface area (Å²) in [5.74, 6) is -0.0242. The third-order valence-electron chi connectivity index (χ3n) is 2.23. The minimum Gasteiger partial charge on any atom is -0.369 e. The Morgan fingerprint density at radius 3 is 2.58 bits per heavy atom. The van der Waals surface area contributed by atoms with Gasteiger partial charge in [0.05, 0.1) is 5.56 Å². The first kappa shape index (κ1) is 15.4. The van der Waals surface area contributed by atoms with E-state index in [0.29, 0.717) is 0 Å². The number of amidine groups is 1. The summed E-state index contributed by atoms with van der Waals surface area (Å²) in [6.07, 6.45) is -4.48. The van der Waals surface area contributed by atoms with Crippen molar-refractivity contribution in [2.75, 3.05) is 20.9 Å². The molecule has 0 heterocycles. The summed E-state index contributed by atoms with van der Waals surface area (Å²) in [4.78, 5) is 8.39. The SMILES string of the molecule is CN=C(NN(C)OCO)c1ccccc1C(F)(F)F. The van der Waals surface area contributed by atoms with Crippen LogP contribution in [0.1, 0.15) is 11.1 Å². The number of benzene rings is 1. The lowest BCUT2D eigenvalue weighted by Gasteiger charge is -2.20. The number of nitrogens with one attached hydrogen (secondary N) is 1. The van der Waals surface area contributed by atoms with Crippen molar-refractivity contribution >= 4 is 5.84 Å². The Kier molecular flexibility index (Phi) is 5.28. The van der Waals surface area contributed by atoms with Gasteiger partial charge in [-0.15, -0.1) is 5.17 Å². The second kappa shape index (κ2) is 6.50. The molecule has 19 heavy (non-hydrogen) atoms. The first-order valence-corrected chi connectivity index (χ1v) is 5.27. The van der Waals surface area contributed by atoms with Crippen LogP contribution in [0, 0.1) is 0 Å². The van der Waals surface area contributed by atoms with E-state index in [2.05, 4.69) is 15.3 Å². The average Bonchev–Trinajstić information content (AvgIpc) is 2.35. The quantitative estimate of drug-likeness (QED) is 0.378. The van der Waals surface area contributed by atoms with Crippen LogP contribution < -0.4 is 5.43 Å². The summed E-state index contributed by atoms with van der Waals surface area (Å²) in [6, 6.07) is 5.04. The van der Waals surface area contributed by atoms with Gasteiger partial charge in [-0.25, -0.2) is 0 Å². The molecule has 0 fully saturated rings. The van der Waals surface area contributed by atoms with E-state index in [0.717, 1.165) is 11.2 Å². The van der Waals surface area contributed by atoms with Crippen molar-refractivity contribution < 1.29 is 23.1 Å². The van der Waals surface area contributed by atoms with Crippen LogP contribution in [-0.2, 0) is 11.0 Å². The van der Waals surface area contributed by atoms with Gasteiger partial charge in [0.2, 0.25) is 0 Å². The molecule has 0 amide bonds. The van der Waals surface area contributed by atoms with E-state index < -0.39 is 18.5 Å². The molecule has 1 aromatic carbocycles. The van der Waals surface area contributed by atoms with E-state index in [1.165, 1.54) is 32.3 Å². The highest BCUT2D eigenvalue weighted by Gasteiger charge is 2.34. The lowest BCUT2D eigenvalue weighted by atomic mass is 10.1. The van der Waals surface area contributed by atoms with Gasteiger partial charge in [0.1, 0.15) is 5.84 Å². The fourth-order valence-electron chi connectivity index (χ4n) is 1.44. The molecule has 0 aliphatic heterocycles. The van der Waals surface area contributed by atoms with Crippen LogP contribution in [0.25, 0.3) is 0 Å². The zero-order valence-corrected chi connectivity index (χ0v) is 10.4. The average molecular weight is 277 g/mol. The molecule has 1 aromatic rings. The summed E-state index contributed by atoms with van der Waals surface area (Å²) in [6.45, 7) is -0.610. The van der Waals surface area contributed by atoms with Crippen LogP contribution in [-0.4, -0.2) is 37.0 Å². The molecule has 5 nitrogen and oxygen atoms in total. The molecule has 0 radical (unpaired) electrons. The van der Waals surface area contributed by atoms with Gasteiger partial charge in [0, 0.05) is 19.7 Å². The number of nitrogens with zero attached hydrogens (tertiary/aromatic N) is 2. The second-order valence-electron chi connectivity index (χ2n) is 3.48. The predicted molar refractivity (Wildman–Crippen MR) is 63.0 cm³/mol. The number of alkyl halides is 3. The van der Waals surface area contributed by atoms with E-state index >= 15 is 0 Å². The van der Waals surface area contributed by atoms with Crippen LogP contribution in [0.4, 0.5) is 13.2 Å². The van der Waals surface area contributed by atoms with Gasteiger partial charge in [0.25, 0.3) is 0 Å². The number of hydrogen-bond donors (Lipinski definition) is 2. The fraction of sp³-hybridized carbons (Fsp3) is 0.364. The molecular weight excluding hydrogens is 263 g/mol. The number of aliphatic imine (C=N–C) groups is 1. The third-order valence-corrected chi connectivity index (χ3v) is 2.23. The zero-order valence-electron chi connectivity index (χ0n) is 10.4. The molecule has 2 N–H and O–H groups in total. The molecule has 106 valence electrons. The van der Waals surface area contributed by atoms with Gasteiger partial charge in [-0.2, -0.15) is 13.2 Å². The largest absolute Gasteiger partial charge is 0.417 e. The van der Waals surface area contributed by atoms with Crippen molar-refractivity contribution in [3.8, 4) is 0 Å². The van der Waals surface area contributed by atoms with Crippen LogP contribution in [0.15, 0.2) is 29.3 Å². The highest BCUT2D eigenvalue weighted by Crippen LogP contribution is 2.31. The standard InChI is InChI=1S/C11H14F3N3O2/c1-15-10(16-17(2)19-7-18)8-5-3-4-6-9(8)11(12,13)14/h3-6,18H,7H2,1-2H3,(H,15,16). The third kappa shape index (κ3) is 4.19. The predicted octanol–water partition coefficient (Wildman–Crippen LogP) is 1.40. The second-order valence-corrected chi connectivity index (χ2v) is 3.48. The van der Waals surface area contributed by atoms with Gasteiger partial charge >= 0.3 is 6.18 Å². The van der Waals surface area contributed by atoms with Crippen molar-refractivity contribution in [2.45, 2.75) is 6.18 Å². The van der Waals surface area contributed by atoms with Crippen molar-refractivity contribution in [1.82, 2.24) is 10.6 Å². The van der Waals surface area contributed by atoms with Gasteiger partial charge in [-0.1, -0.05) is 18.2 Å². The first-order chi connectivity index (χ1) is 8.90. The number of halogens is 3. The van der Waals surface area contributed by atoms with Crippen LogP contribution in [0.5, 0.6) is 0 Å². The number of aliphatic hydroxyl groups is 1. The smallest absolute Gasteiger partial charge is 0.369 e. The van der Waals surface area contributed by atoms with Crippen molar-refractivity contribution in [2.24, 2.45) is 4.99 Å². The first-order valence-electron chi connectivity index (χ1n) is 5.27. The molecule has 0 saturated carbocycles. The Hall–Kier alpha value is -1.64. The molecule has 1 rings (SSSR count). The summed E-state index contributed by atoms with van der Waals surface area (Å²) in [7, 11) is 2.74. The minimum atomic E-state index is -4.48. The van der Waals surface area contributed by atoms with E-state index in [9.17, 15) is 13.2 Å². The van der Waals surface area contributed by atoms with Crippen LogP contribution >= 0.6 is 0 Å². The Balaban J connectivity index is 3.07. The lowest BCUT2D eigenvalue weighted by molar-refractivity contribution is -0.211. The van der Waals surface area contributed by atoms with Crippen molar-refractivity contribution in [1.29, 1.82) is 0 Å². The number of hydrazine groups is 1. The zero-order chi connectivity index (χ0) is 14.5.